The summed E-state index contributed by atoms with van der Waals surface area (Å²) in [5.41, 5.74) is 1.02. The Hall–Kier alpha value is -0.870. The molecule has 1 aromatic rings. The predicted molar refractivity (Wildman–Crippen MR) is 81.4 cm³/mol. The van der Waals surface area contributed by atoms with Gasteiger partial charge in [-0.15, -0.1) is 0 Å². The minimum atomic E-state index is 0.815. The maximum absolute atomic E-state index is 5.44. The molecule has 1 aliphatic heterocycles. The molecule has 0 unspecified atom stereocenters. The molecule has 0 atom stereocenters. The molecule has 114 valence electrons. The van der Waals surface area contributed by atoms with E-state index in [-0.39, 0.29) is 0 Å². The van der Waals surface area contributed by atoms with Crippen LogP contribution in [-0.2, 0) is 13.1 Å². The van der Waals surface area contributed by atoms with Crippen molar-refractivity contribution in [2.75, 3.05) is 19.6 Å². The molecule has 1 fully saturated rings. The van der Waals surface area contributed by atoms with Crippen molar-refractivity contribution in [2.24, 2.45) is 5.92 Å². The molecule has 20 heavy (non-hydrogen) atoms. The molecule has 0 aromatic carbocycles. The lowest BCUT2D eigenvalue weighted by molar-refractivity contribution is 0.157. The summed E-state index contributed by atoms with van der Waals surface area (Å²) in [6.07, 6.45) is 6.54. The van der Waals surface area contributed by atoms with Crippen LogP contribution in [0.4, 0.5) is 0 Å². The van der Waals surface area contributed by atoms with E-state index in [0.717, 1.165) is 43.4 Å². The van der Waals surface area contributed by atoms with Gasteiger partial charge in [-0.1, -0.05) is 31.8 Å². The minimum absolute atomic E-state index is 0.815. The van der Waals surface area contributed by atoms with E-state index < -0.39 is 0 Å². The Morgan fingerprint density at radius 2 is 2.10 bits per heavy atom. The van der Waals surface area contributed by atoms with E-state index in [0.29, 0.717) is 0 Å². The van der Waals surface area contributed by atoms with Gasteiger partial charge >= 0.3 is 0 Å². The number of hydrogen-bond acceptors (Lipinski definition) is 4. The summed E-state index contributed by atoms with van der Waals surface area (Å²) >= 11 is 0. The van der Waals surface area contributed by atoms with Crippen molar-refractivity contribution in [2.45, 2.75) is 59.0 Å². The van der Waals surface area contributed by atoms with Crippen molar-refractivity contribution in [1.82, 2.24) is 15.4 Å². The van der Waals surface area contributed by atoms with Crippen molar-refractivity contribution in [3.63, 3.8) is 0 Å². The first-order chi connectivity index (χ1) is 9.81. The monoisotopic (exact) mass is 279 g/mol. The van der Waals surface area contributed by atoms with Crippen LogP contribution in [0.1, 0.15) is 57.4 Å². The molecule has 1 N–H and O–H groups in total. The molecule has 0 saturated carbocycles. The van der Waals surface area contributed by atoms with Crippen molar-refractivity contribution in [3.05, 3.63) is 17.5 Å². The highest BCUT2D eigenvalue weighted by atomic mass is 16.5. The van der Waals surface area contributed by atoms with Gasteiger partial charge in [-0.3, -0.25) is 4.90 Å². The third-order valence-corrected chi connectivity index (χ3v) is 4.12. The molecular weight excluding hydrogens is 250 g/mol. The molecule has 0 bridgehead atoms. The number of piperidine rings is 1. The summed E-state index contributed by atoms with van der Waals surface area (Å²) < 4.78 is 5.44. The zero-order valence-corrected chi connectivity index (χ0v) is 13.0. The Morgan fingerprint density at radius 1 is 1.30 bits per heavy atom. The van der Waals surface area contributed by atoms with Crippen LogP contribution in [0.2, 0.25) is 0 Å². The molecule has 1 aromatic heterocycles. The zero-order valence-electron chi connectivity index (χ0n) is 13.0. The minimum Gasteiger partial charge on any atom is -0.360 e. The van der Waals surface area contributed by atoms with Gasteiger partial charge in [-0.25, -0.2) is 0 Å². The molecular formula is C16H29N3O. The number of rotatable bonds is 8. The van der Waals surface area contributed by atoms with Crippen molar-refractivity contribution < 1.29 is 4.52 Å². The Bertz CT molecular complexity index is 370. The topological polar surface area (TPSA) is 41.3 Å². The molecule has 0 radical (unpaired) electrons. The Kier molecular flexibility index (Phi) is 6.54. The fraction of sp³-hybridized carbons (Fsp3) is 0.812. The summed E-state index contributed by atoms with van der Waals surface area (Å²) in [6, 6.07) is 2.10. The lowest BCUT2D eigenvalue weighted by Crippen LogP contribution is -2.33. The van der Waals surface area contributed by atoms with Crippen LogP contribution in [-0.4, -0.2) is 29.7 Å². The van der Waals surface area contributed by atoms with Crippen LogP contribution in [0.5, 0.6) is 0 Å². The standard InChI is InChI=1S/C16H29N3O/c1-3-5-14-6-9-19(10-7-14)13-16-11-15(18-20-16)12-17-8-4-2/h11,14,17H,3-10,12-13H2,1-2H3. The maximum atomic E-state index is 5.44. The average Bonchev–Trinajstić information content (AvgIpc) is 2.89. The highest BCUT2D eigenvalue weighted by Gasteiger charge is 2.19. The van der Waals surface area contributed by atoms with E-state index in [1.807, 2.05) is 0 Å². The van der Waals surface area contributed by atoms with Crippen molar-refractivity contribution in [1.29, 1.82) is 0 Å². The zero-order chi connectivity index (χ0) is 14.2. The molecule has 4 nitrogen and oxygen atoms in total. The molecule has 1 aliphatic rings. The summed E-state index contributed by atoms with van der Waals surface area (Å²) in [5, 5.41) is 7.49. The van der Waals surface area contributed by atoms with E-state index in [9.17, 15) is 0 Å². The number of hydrogen-bond donors (Lipinski definition) is 1. The van der Waals surface area contributed by atoms with Gasteiger partial charge in [-0.05, 0) is 44.8 Å². The highest BCUT2D eigenvalue weighted by Crippen LogP contribution is 2.22. The second kappa shape index (κ2) is 8.42. The first kappa shape index (κ1) is 15.5. The van der Waals surface area contributed by atoms with Crippen LogP contribution >= 0.6 is 0 Å². The van der Waals surface area contributed by atoms with Gasteiger partial charge in [0.05, 0.1) is 12.2 Å². The molecule has 0 aliphatic carbocycles. The summed E-state index contributed by atoms with van der Waals surface area (Å²) in [7, 11) is 0. The third-order valence-electron chi connectivity index (χ3n) is 4.12. The van der Waals surface area contributed by atoms with Crippen molar-refractivity contribution in [3.8, 4) is 0 Å². The average molecular weight is 279 g/mol. The van der Waals surface area contributed by atoms with E-state index in [4.69, 9.17) is 4.52 Å². The summed E-state index contributed by atoms with van der Waals surface area (Å²) in [5.74, 6) is 1.95. The first-order valence-electron chi connectivity index (χ1n) is 8.19. The number of aromatic nitrogens is 1. The number of likely N-dealkylation sites (tertiary alicyclic amines) is 1. The Labute approximate surface area is 122 Å². The number of nitrogens with one attached hydrogen (secondary N) is 1. The van der Waals surface area contributed by atoms with Gasteiger partial charge in [-0.2, -0.15) is 0 Å². The van der Waals surface area contributed by atoms with E-state index in [1.165, 1.54) is 38.8 Å². The van der Waals surface area contributed by atoms with Gasteiger partial charge in [0.25, 0.3) is 0 Å². The largest absolute Gasteiger partial charge is 0.360 e. The SMILES string of the molecule is CCCNCc1cc(CN2CCC(CCC)CC2)on1. The maximum Gasteiger partial charge on any atom is 0.151 e. The van der Waals surface area contributed by atoms with Gasteiger partial charge in [0.2, 0.25) is 0 Å². The predicted octanol–water partition coefficient (Wildman–Crippen LogP) is 3.19. The van der Waals surface area contributed by atoms with Gasteiger partial charge in [0.15, 0.2) is 5.76 Å². The normalized spacial score (nSPS) is 17.7. The Balaban J connectivity index is 1.71. The third kappa shape index (κ3) is 4.91. The molecule has 0 amide bonds. The van der Waals surface area contributed by atoms with E-state index in [1.54, 1.807) is 0 Å². The first-order valence-corrected chi connectivity index (χ1v) is 8.19. The fourth-order valence-corrected chi connectivity index (χ4v) is 2.97. The van der Waals surface area contributed by atoms with Gasteiger partial charge < -0.3 is 9.84 Å². The summed E-state index contributed by atoms with van der Waals surface area (Å²) in [6.45, 7) is 9.63. The van der Waals surface area contributed by atoms with Crippen LogP contribution in [0.25, 0.3) is 0 Å². The lowest BCUT2D eigenvalue weighted by Gasteiger charge is -2.30. The second-order valence-electron chi connectivity index (χ2n) is 5.97. The molecule has 1 saturated heterocycles. The molecule has 4 heteroatoms. The van der Waals surface area contributed by atoms with Gasteiger partial charge in [0.1, 0.15) is 0 Å². The quantitative estimate of drug-likeness (QED) is 0.742. The Morgan fingerprint density at radius 3 is 2.80 bits per heavy atom. The molecule has 0 spiro atoms. The van der Waals surface area contributed by atoms with E-state index >= 15 is 0 Å². The smallest absolute Gasteiger partial charge is 0.151 e. The number of nitrogens with zero attached hydrogens (tertiary/aromatic N) is 2. The van der Waals surface area contributed by atoms with Crippen LogP contribution < -0.4 is 5.32 Å². The summed E-state index contributed by atoms with van der Waals surface area (Å²) in [4.78, 5) is 2.50. The van der Waals surface area contributed by atoms with Crippen LogP contribution in [0.15, 0.2) is 10.6 Å². The lowest BCUT2D eigenvalue weighted by atomic mass is 9.92. The highest BCUT2D eigenvalue weighted by molar-refractivity contribution is 5.05. The van der Waals surface area contributed by atoms with E-state index in [2.05, 4.69) is 35.3 Å². The van der Waals surface area contributed by atoms with Crippen LogP contribution in [0, 0.1) is 5.92 Å². The molecule has 2 heterocycles. The van der Waals surface area contributed by atoms with Crippen molar-refractivity contribution >= 4 is 0 Å². The molecule has 2 rings (SSSR count). The fourth-order valence-electron chi connectivity index (χ4n) is 2.97. The van der Waals surface area contributed by atoms with Gasteiger partial charge in [0, 0.05) is 12.6 Å². The second-order valence-corrected chi connectivity index (χ2v) is 5.97. The van der Waals surface area contributed by atoms with Crippen LogP contribution in [0.3, 0.4) is 0 Å².